The standard InChI is InChI=1S/C19H14ClN/c20-16-8-6-12(7-9-16)17-10-14-3-1-2-13-4-5-15(11-21)19(17)18(13)14/h1-3,5-9,17,19H,4,10H2/t17-,19+/m0/s1. The van der Waals surface area contributed by atoms with E-state index in [1.54, 1.807) is 0 Å². The molecule has 0 aromatic heterocycles. The predicted octanol–water partition coefficient (Wildman–Crippen LogP) is 4.77. The van der Waals surface area contributed by atoms with Crippen molar-refractivity contribution in [2.75, 3.05) is 0 Å². The van der Waals surface area contributed by atoms with Crippen LogP contribution in [0.15, 0.2) is 54.1 Å². The Labute approximate surface area is 129 Å². The average Bonchev–Trinajstić information content (AvgIpc) is 2.90. The van der Waals surface area contributed by atoms with E-state index < -0.39 is 0 Å². The zero-order chi connectivity index (χ0) is 14.4. The first kappa shape index (κ1) is 12.7. The molecule has 4 rings (SSSR count). The van der Waals surface area contributed by atoms with Crippen LogP contribution in [0.2, 0.25) is 5.02 Å². The van der Waals surface area contributed by atoms with Gasteiger partial charge in [0.2, 0.25) is 0 Å². The highest BCUT2D eigenvalue weighted by Crippen LogP contribution is 2.51. The van der Waals surface area contributed by atoms with Crippen LogP contribution in [0.4, 0.5) is 0 Å². The minimum absolute atomic E-state index is 0.219. The molecule has 0 fully saturated rings. The van der Waals surface area contributed by atoms with Crippen LogP contribution in [0.25, 0.3) is 0 Å². The maximum atomic E-state index is 9.51. The van der Waals surface area contributed by atoms with Gasteiger partial charge >= 0.3 is 0 Å². The molecule has 2 aliphatic carbocycles. The van der Waals surface area contributed by atoms with Crippen molar-refractivity contribution in [1.82, 2.24) is 0 Å². The van der Waals surface area contributed by atoms with Gasteiger partial charge < -0.3 is 0 Å². The van der Waals surface area contributed by atoms with Gasteiger partial charge in [0.1, 0.15) is 0 Å². The molecule has 0 amide bonds. The molecule has 0 unspecified atom stereocenters. The molecule has 2 atom stereocenters. The Morgan fingerprint density at radius 1 is 1.05 bits per heavy atom. The molecule has 0 heterocycles. The summed E-state index contributed by atoms with van der Waals surface area (Å²) in [5.41, 5.74) is 6.38. The van der Waals surface area contributed by atoms with E-state index in [4.69, 9.17) is 11.6 Å². The van der Waals surface area contributed by atoms with E-state index in [1.807, 2.05) is 12.1 Å². The molecule has 2 aliphatic rings. The van der Waals surface area contributed by atoms with Gasteiger partial charge in [-0.25, -0.2) is 0 Å². The van der Waals surface area contributed by atoms with Gasteiger partial charge in [-0.1, -0.05) is 48.0 Å². The average molecular weight is 292 g/mol. The van der Waals surface area contributed by atoms with Crippen molar-refractivity contribution in [2.45, 2.75) is 24.7 Å². The first-order valence-corrected chi connectivity index (χ1v) is 7.62. The van der Waals surface area contributed by atoms with Gasteiger partial charge in [-0.2, -0.15) is 5.26 Å². The van der Waals surface area contributed by atoms with Crippen LogP contribution in [0, 0.1) is 11.3 Å². The Morgan fingerprint density at radius 3 is 2.57 bits per heavy atom. The lowest BCUT2D eigenvalue weighted by atomic mass is 9.77. The fourth-order valence-electron chi connectivity index (χ4n) is 3.83. The molecule has 21 heavy (non-hydrogen) atoms. The number of rotatable bonds is 1. The molecule has 102 valence electrons. The molecule has 0 N–H and O–H groups in total. The molecular formula is C19H14ClN. The topological polar surface area (TPSA) is 23.8 Å². The fourth-order valence-corrected chi connectivity index (χ4v) is 3.96. The molecule has 1 nitrogen and oxygen atoms in total. The van der Waals surface area contributed by atoms with E-state index in [9.17, 15) is 5.26 Å². The van der Waals surface area contributed by atoms with Crippen LogP contribution in [0.1, 0.15) is 34.1 Å². The molecule has 0 bridgehead atoms. The molecule has 2 aromatic carbocycles. The number of nitrogens with zero attached hydrogens (tertiary/aromatic N) is 1. The van der Waals surface area contributed by atoms with Gasteiger partial charge in [-0.05, 0) is 53.1 Å². The zero-order valence-corrected chi connectivity index (χ0v) is 12.3. The molecule has 0 radical (unpaired) electrons. The maximum absolute atomic E-state index is 9.51. The largest absolute Gasteiger partial charge is 0.193 e. The highest BCUT2D eigenvalue weighted by atomic mass is 35.5. The summed E-state index contributed by atoms with van der Waals surface area (Å²) >= 11 is 6.01. The van der Waals surface area contributed by atoms with Crippen molar-refractivity contribution in [2.24, 2.45) is 0 Å². The number of halogens is 1. The molecule has 0 saturated carbocycles. The smallest absolute Gasteiger partial charge is 0.0950 e. The Hall–Kier alpha value is -2.04. The molecule has 2 aromatic rings. The minimum Gasteiger partial charge on any atom is -0.193 e. The minimum atomic E-state index is 0.219. The van der Waals surface area contributed by atoms with E-state index in [0.29, 0.717) is 5.92 Å². The molecular weight excluding hydrogens is 278 g/mol. The summed E-state index contributed by atoms with van der Waals surface area (Å²) in [5, 5.41) is 10.3. The van der Waals surface area contributed by atoms with Gasteiger partial charge in [0, 0.05) is 16.5 Å². The fraction of sp³-hybridized carbons (Fsp3) is 0.211. The zero-order valence-electron chi connectivity index (χ0n) is 11.5. The summed E-state index contributed by atoms with van der Waals surface area (Å²) in [4.78, 5) is 0. The summed E-state index contributed by atoms with van der Waals surface area (Å²) in [5.74, 6) is 0.570. The number of benzene rings is 2. The van der Waals surface area contributed by atoms with Crippen LogP contribution < -0.4 is 0 Å². The van der Waals surface area contributed by atoms with Crippen LogP contribution >= 0.6 is 11.6 Å². The Kier molecular flexibility index (Phi) is 2.87. The Morgan fingerprint density at radius 2 is 1.81 bits per heavy atom. The highest BCUT2D eigenvalue weighted by Gasteiger charge is 2.38. The lowest BCUT2D eigenvalue weighted by Gasteiger charge is -2.25. The number of nitriles is 1. The van der Waals surface area contributed by atoms with E-state index >= 15 is 0 Å². The van der Waals surface area contributed by atoms with Gasteiger partial charge in [0.25, 0.3) is 0 Å². The lowest BCUT2D eigenvalue weighted by Crippen LogP contribution is -2.13. The van der Waals surface area contributed by atoms with Crippen LogP contribution in [-0.2, 0) is 12.8 Å². The second kappa shape index (κ2) is 4.76. The van der Waals surface area contributed by atoms with Crippen molar-refractivity contribution < 1.29 is 0 Å². The number of hydrogen-bond acceptors (Lipinski definition) is 1. The van der Waals surface area contributed by atoms with E-state index in [0.717, 1.165) is 23.4 Å². The summed E-state index contributed by atoms with van der Waals surface area (Å²) in [6.45, 7) is 0. The van der Waals surface area contributed by atoms with E-state index in [-0.39, 0.29) is 5.92 Å². The molecule has 0 spiro atoms. The van der Waals surface area contributed by atoms with E-state index in [2.05, 4.69) is 42.5 Å². The second-order valence-electron chi connectivity index (χ2n) is 5.81. The third-order valence-corrected chi connectivity index (χ3v) is 5.00. The van der Waals surface area contributed by atoms with Crippen molar-refractivity contribution >= 4 is 11.6 Å². The quantitative estimate of drug-likeness (QED) is 0.742. The summed E-state index contributed by atoms with van der Waals surface area (Å²) in [6.07, 6.45) is 4.00. The summed E-state index contributed by atoms with van der Waals surface area (Å²) in [7, 11) is 0. The van der Waals surface area contributed by atoms with Crippen molar-refractivity contribution in [1.29, 1.82) is 5.26 Å². The summed E-state index contributed by atoms with van der Waals surface area (Å²) < 4.78 is 0. The van der Waals surface area contributed by atoms with Crippen LogP contribution in [0.3, 0.4) is 0 Å². The number of hydrogen-bond donors (Lipinski definition) is 0. The monoisotopic (exact) mass is 291 g/mol. The first-order chi connectivity index (χ1) is 10.3. The third-order valence-electron chi connectivity index (χ3n) is 4.74. The first-order valence-electron chi connectivity index (χ1n) is 7.24. The summed E-state index contributed by atoms with van der Waals surface area (Å²) in [6, 6.07) is 17.1. The van der Waals surface area contributed by atoms with Crippen molar-refractivity contribution in [3.63, 3.8) is 0 Å². The van der Waals surface area contributed by atoms with Crippen LogP contribution in [0.5, 0.6) is 0 Å². The van der Waals surface area contributed by atoms with Crippen molar-refractivity contribution in [3.8, 4) is 6.07 Å². The normalized spacial score (nSPS) is 22.4. The Bertz CT molecular complexity index is 780. The van der Waals surface area contributed by atoms with Crippen LogP contribution in [-0.4, -0.2) is 0 Å². The van der Waals surface area contributed by atoms with Crippen molar-refractivity contribution in [3.05, 3.63) is 81.4 Å². The van der Waals surface area contributed by atoms with Gasteiger partial charge in [0.15, 0.2) is 0 Å². The molecule has 2 heteroatoms. The molecule has 0 aliphatic heterocycles. The number of allylic oxidation sites excluding steroid dienone is 2. The predicted molar refractivity (Wildman–Crippen MR) is 84.5 cm³/mol. The van der Waals surface area contributed by atoms with Gasteiger partial charge in [0.05, 0.1) is 6.07 Å². The highest BCUT2D eigenvalue weighted by molar-refractivity contribution is 6.30. The third kappa shape index (κ3) is 1.91. The maximum Gasteiger partial charge on any atom is 0.0950 e. The van der Waals surface area contributed by atoms with Gasteiger partial charge in [-0.15, -0.1) is 0 Å². The SMILES string of the molecule is N#CC1=CCc2cccc3c2[C@H]1[C@H](c1ccc(Cl)cc1)C3. The lowest BCUT2D eigenvalue weighted by molar-refractivity contribution is 0.648. The second-order valence-corrected chi connectivity index (χ2v) is 6.24. The van der Waals surface area contributed by atoms with Gasteiger partial charge in [-0.3, -0.25) is 0 Å². The Balaban J connectivity index is 1.86. The molecule has 0 saturated heterocycles. The van der Waals surface area contributed by atoms with E-state index in [1.165, 1.54) is 22.3 Å².